The van der Waals surface area contributed by atoms with Crippen LogP contribution >= 0.6 is 19.1 Å². The number of benzene rings is 4. The van der Waals surface area contributed by atoms with Gasteiger partial charge in [-0.05, 0) is 86.2 Å². The zero-order valence-corrected chi connectivity index (χ0v) is 24.2. The largest absolute Gasteiger partial charge is 0.289 e. The third-order valence-corrected chi connectivity index (χ3v) is 9.29. The Morgan fingerprint density at radius 1 is 0.789 bits per heavy atom. The zero-order valence-electron chi connectivity index (χ0n) is 22.5. The van der Waals surface area contributed by atoms with E-state index in [1.807, 2.05) is 63.2 Å². The highest BCUT2D eigenvalue weighted by molar-refractivity contribution is 7.71. The zero-order chi connectivity index (χ0) is 27.4. The standard InChI is InChI=1S/C17H16OS.C16H16O2P/c1-3-11-9-12(4-2)17-14(10-11)16(18)13-7-5-6-8-15(13)19-17;1-11-9-12(2)15(13(3)10-11)16(17)19(18)14-7-5-4-6-8-14/h5-10H,3-4H2,1-2H3;4-10H,1-3H3. The average Bonchev–Trinajstić information content (AvgIpc) is 2.92. The van der Waals surface area contributed by atoms with Gasteiger partial charge in [-0.15, -0.1) is 11.3 Å². The summed E-state index contributed by atoms with van der Waals surface area (Å²) in [6.45, 7) is 10.1. The summed E-state index contributed by atoms with van der Waals surface area (Å²) in [5, 5.41) is 2.32. The van der Waals surface area contributed by atoms with E-state index in [0.29, 0.717) is 10.9 Å². The number of fused-ring (bicyclic) bond motifs is 2. The van der Waals surface area contributed by atoms with Gasteiger partial charge in [0.15, 0.2) is 13.2 Å². The van der Waals surface area contributed by atoms with Crippen molar-refractivity contribution < 1.29 is 9.36 Å². The van der Waals surface area contributed by atoms with Gasteiger partial charge >= 0.3 is 0 Å². The maximum absolute atomic E-state index is 12.6. The second-order valence-corrected chi connectivity index (χ2v) is 12.0. The summed E-state index contributed by atoms with van der Waals surface area (Å²) < 4.78 is 14.6. The molecule has 4 aromatic carbocycles. The van der Waals surface area contributed by atoms with Gasteiger partial charge < -0.3 is 0 Å². The van der Waals surface area contributed by atoms with Crippen molar-refractivity contribution in [1.82, 2.24) is 0 Å². The molecule has 193 valence electrons. The molecule has 1 aromatic heterocycles. The highest BCUT2D eigenvalue weighted by atomic mass is 32.1. The number of hydrogen-bond acceptors (Lipinski definition) is 4. The number of aryl methyl sites for hydroxylation is 5. The molecule has 5 rings (SSSR count). The average molecular weight is 540 g/mol. The topological polar surface area (TPSA) is 51.2 Å². The number of carbonyl (C=O) groups is 1. The molecule has 0 aliphatic heterocycles. The van der Waals surface area contributed by atoms with Crippen molar-refractivity contribution in [3.05, 3.63) is 122 Å². The van der Waals surface area contributed by atoms with Crippen molar-refractivity contribution >= 4 is 50.1 Å². The van der Waals surface area contributed by atoms with Gasteiger partial charge in [-0.25, -0.2) is 0 Å². The monoisotopic (exact) mass is 539 g/mol. The van der Waals surface area contributed by atoms with Gasteiger partial charge in [-0.3, -0.25) is 14.2 Å². The Kier molecular flexibility index (Phi) is 8.66. The lowest BCUT2D eigenvalue weighted by atomic mass is 10.0. The number of hydrogen-bond donors (Lipinski definition) is 0. The summed E-state index contributed by atoms with van der Waals surface area (Å²) in [6.07, 6.45) is 1.94. The fourth-order valence-electron chi connectivity index (χ4n) is 4.81. The molecule has 0 amide bonds. The Bertz CT molecular complexity index is 1700. The van der Waals surface area contributed by atoms with Gasteiger partial charge in [0.2, 0.25) is 5.52 Å². The Labute approximate surface area is 229 Å². The number of rotatable bonds is 5. The lowest BCUT2D eigenvalue weighted by Crippen LogP contribution is -2.07. The van der Waals surface area contributed by atoms with Crippen LogP contribution in [0.4, 0.5) is 0 Å². The summed E-state index contributed by atoms with van der Waals surface area (Å²) in [5.74, 6) is 0. The van der Waals surface area contributed by atoms with E-state index in [1.165, 1.54) is 11.1 Å². The Morgan fingerprint density at radius 3 is 2.05 bits per heavy atom. The summed E-state index contributed by atoms with van der Waals surface area (Å²) in [6, 6.07) is 25.0. The van der Waals surface area contributed by atoms with E-state index >= 15 is 0 Å². The highest BCUT2D eigenvalue weighted by Gasteiger charge is 2.21. The molecule has 0 fully saturated rings. The van der Waals surface area contributed by atoms with Crippen molar-refractivity contribution in [2.75, 3.05) is 0 Å². The molecule has 3 nitrogen and oxygen atoms in total. The molecule has 0 N–H and O–H groups in total. The molecule has 1 unspecified atom stereocenters. The van der Waals surface area contributed by atoms with E-state index in [9.17, 15) is 14.2 Å². The van der Waals surface area contributed by atoms with Crippen LogP contribution in [0.25, 0.3) is 20.2 Å². The second kappa shape index (κ2) is 11.9. The molecule has 0 spiro atoms. The molecule has 0 bridgehead atoms. The predicted octanol–water partition coefficient (Wildman–Crippen LogP) is 8.44. The summed E-state index contributed by atoms with van der Waals surface area (Å²) in [4.78, 5) is 25.0. The van der Waals surface area contributed by atoms with Crippen LogP contribution in [0, 0.1) is 20.8 Å². The Balaban J connectivity index is 0.000000177. The minimum absolute atomic E-state index is 0.175. The van der Waals surface area contributed by atoms with E-state index in [0.717, 1.165) is 49.7 Å². The molecule has 5 heteroatoms. The highest BCUT2D eigenvalue weighted by Crippen LogP contribution is 2.31. The first kappa shape index (κ1) is 27.6. The fraction of sp³-hybridized carbons (Fsp3) is 0.212. The predicted molar refractivity (Wildman–Crippen MR) is 163 cm³/mol. The summed E-state index contributed by atoms with van der Waals surface area (Å²) in [5.41, 5.74) is 5.93. The molecule has 1 atom stereocenters. The Morgan fingerprint density at radius 2 is 1.42 bits per heavy atom. The van der Waals surface area contributed by atoms with Crippen LogP contribution in [0.3, 0.4) is 0 Å². The minimum atomic E-state index is -2.04. The van der Waals surface area contributed by atoms with Gasteiger partial charge in [0.1, 0.15) is 0 Å². The van der Waals surface area contributed by atoms with Crippen LogP contribution in [-0.2, 0) is 17.4 Å². The first-order chi connectivity index (χ1) is 18.2. The minimum Gasteiger partial charge on any atom is -0.289 e. The third kappa shape index (κ3) is 5.67. The molecular weight excluding hydrogens is 507 g/mol. The molecule has 0 aliphatic rings. The van der Waals surface area contributed by atoms with Crippen LogP contribution in [-0.4, -0.2) is 5.52 Å². The molecule has 0 saturated carbocycles. The molecular formula is C33H32O3PS. The first-order valence-electron chi connectivity index (χ1n) is 12.9. The summed E-state index contributed by atoms with van der Waals surface area (Å²) in [7, 11) is -2.04. The van der Waals surface area contributed by atoms with Gasteiger partial charge in [0, 0.05) is 31.0 Å². The van der Waals surface area contributed by atoms with E-state index in [4.69, 9.17) is 0 Å². The van der Waals surface area contributed by atoms with Crippen molar-refractivity contribution in [1.29, 1.82) is 0 Å². The van der Waals surface area contributed by atoms with Crippen LogP contribution in [0.1, 0.15) is 52.0 Å². The van der Waals surface area contributed by atoms with E-state index in [1.54, 1.807) is 35.6 Å². The van der Waals surface area contributed by atoms with Crippen molar-refractivity contribution in [2.45, 2.75) is 47.5 Å². The molecule has 38 heavy (non-hydrogen) atoms. The van der Waals surface area contributed by atoms with Gasteiger partial charge in [-0.2, -0.15) is 0 Å². The lowest BCUT2D eigenvalue weighted by molar-refractivity contribution is 0.107. The first-order valence-corrected chi connectivity index (χ1v) is 14.9. The van der Waals surface area contributed by atoms with E-state index in [2.05, 4.69) is 26.0 Å². The van der Waals surface area contributed by atoms with Crippen molar-refractivity contribution in [3.8, 4) is 0 Å². The smallest absolute Gasteiger partial charge is 0.247 e. The molecule has 1 heterocycles. The molecule has 5 aromatic rings. The van der Waals surface area contributed by atoms with Gasteiger partial charge in [-0.1, -0.05) is 67.9 Å². The van der Waals surface area contributed by atoms with Gasteiger partial charge in [0.25, 0.3) is 0 Å². The fourth-order valence-corrected chi connectivity index (χ4v) is 7.28. The van der Waals surface area contributed by atoms with E-state index in [-0.39, 0.29) is 11.0 Å². The van der Waals surface area contributed by atoms with E-state index < -0.39 is 7.80 Å². The van der Waals surface area contributed by atoms with Crippen LogP contribution < -0.4 is 10.7 Å². The molecule has 0 saturated heterocycles. The number of carbonyl (C=O) groups excluding carboxylic acids is 1. The molecule has 0 aliphatic carbocycles. The van der Waals surface area contributed by atoms with Crippen molar-refractivity contribution in [2.24, 2.45) is 0 Å². The maximum Gasteiger partial charge on any atom is 0.247 e. The van der Waals surface area contributed by atoms with Crippen LogP contribution in [0.5, 0.6) is 0 Å². The van der Waals surface area contributed by atoms with Crippen LogP contribution in [0.2, 0.25) is 0 Å². The quantitative estimate of drug-likeness (QED) is 0.166. The second-order valence-electron chi connectivity index (χ2n) is 9.47. The Hall–Kier alpha value is -3.46. The lowest BCUT2D eigenvalue weighted by Gasteiger charge is -2.09. The maximum atomic E-state index is 12.6. The SMILES string of the molecule is CCc1cc(CC)c2sc3ccccc3c(=O)c2c1.Cc1cc(C)c(C(=O)[P](=O)c2ccccc2)c(C)c1. The normalized spacial score (nSPS) is 11.2. The summed E-state index contributed by atoms with van der Waals surface area (Å²) >= 11 is 1.74. The van der Waals surface area contributed by atoms with Crippen LogP contribution in [0.15, 0.2) is 83.7 Å². The van der Waals surface area contributed by atoms with Crippen molar-refractivity contribution in [3.63, 3.8) is 0 Å². The van der Waals surface area contributed by atoms with Gasteiger partial charge in [0.05, 0.1) is 0 Å². The third-order valence-electron chi connectivity index (χ3n) is 6.67. The molecule has 1 radical (unpaired) electrons.